The van der Waals surface area contributed by atoms with Crippen molar-refractivity contribution in [1.29, 1.82) is 0 Å². The average Bonchev–Trinajstić information content (AvgIpc) is 3.00. The van der Waals surface area contributed by atoms with Gasteiger partial charge in [-0.3, -0.25) is 4.79 Å². The zero-order valence-electron chi connectivity index (χ0n) is 12.7. The van der Waals surface area contributed by atoms with Gasteiger partial charge in [-0.1, -0.05) is 66.1 Å². The van der Waals surface area contributed by atoms with Crippen LogP contribution in [0.25, 0.3) is 0 Å². The third-order valence-corrected chi connectivity index (χ3v) is 6.01. The van der Waals surface area contributed by atoms with E-state index in [2.05, 4.69) is 11.9 Å². The molecule has 7 heteroatoms. The molecule has 0 aliphatic carbocycles. The van der Waals surface area contributed by atoms with Crippen LogP contribution < -0.4 is 0 Å². The van der Waals surface area contributed by atoms with Gasteiger partial charge in [0.1, 0.15) is 0 Å². The maximum atomic E-state index is 12.2. The van der Waals surface area contributed by atoms with Crippen molar-refractivity contribution in [2.24, 2.45) is 0 Å². The molecule has 3 nitrogen and oxygen atoms in total. The topological polar surface area (TPSA) is 34.9 Å². The standard InChI is InChI=1S/C16H18Cl2N2OS2/c1-2-3-8-22-16(21)23-15(10-20-7-6-19-11-20)13-5-4-12(17)9-14(13)18/h4-7,9,11,15H,2-3,8,10H2,1H3. The van der Waals surface area contributed by atoms with E-state index >= 15 is 0 Å². The van der Waals surface area contributed by atoms with Crippen molar-refractivity contribution in [3.63, 3.8) is 0 Å². The Balaban J connectivity index is 2.12. The van der Waals surface area contributed by atoms with Crippen LogP contribution in [-0.4, -0.2) is 19.8 Å². The lowest BCUT2D eigenvalue weighted by atomic mass is 10.1. The van der Waals surface area contributed by atoms with Crippen LogP contribution in [0.3, 0.4) is 0 Å². The Morgan fingerprint density at radius 3 is 2.87 bits per heavy atom. The van der Waals surface area contributed by atoms with Crippen molar-refractivity contribution in [2.45, 2.75) is 31.6 Å². The highest BCUT2D eigenvalue weighted by Crippen LogP contribution is 2.39. The number of carbonyl (C=O) groups is 1. The zero-order valence-corrected chi connectivity index (χ0v) is 15.9. The fraction of sp³-hybridized carbons (Fsp3) is 0.375. The van der Waals surface area contributed by atoms with Crippen LogP contribution >= 0.6 is 46.7 Å². The van der Waals surface area contributed by atoms with Gasteiger partial charge in [-0.15, -0.1) is 0 Å². The molecular formula is C16H18Cl2N2OS2. The molecule has 2 aromatic rings. The minimum absolute atomic E-state index is 0.0735. The lowest BCUT2D eigenvalue weighted by molar-refractivity contribution is 0.276. The van der Waals surface area contributed by atoms with E-state index in [0.29, 0.717) is 16.6 Å². The lowest BCUT2D eigenvalue weighted by Crippen LogP contribution is -2.07. The molecule has 1 unspecified atom stereocenters. The second-order valence-electron chi connectivity index (χ2n) is 4.98. The Hall–Kier alpha value is -0.620. The summed E-state index contributed by atoms with van der Waals surface area (Å²) in [5, 5.41) is 1.10. The number of hydrogen-bond donors (Lipinski definition) is 0. The third kappa shape index (κ3) is 6.07. The maximum Gasteiger partial charge on any atom is 0.246 e. The molecule has 1 heterocycles. The molecule has 0 spiro atoms. The van der Waals surface area contributed by atoms with Gasteiger partial charge >= 0.3 is 0 Å². The number of thioether (sulfide) groups is 2. The Morgan fingerprint density at radius 1 is 1.39 bits per heavy atom. The van der Waals surface area contributed by atoms with Crippen molar-refractivity contribution < 1.29 is 4.79 Å². The van der Waals surface area contributed by atoms with Crippen LogP contribution in [0.2, 0.25) is 10.0 Å². The number of nitrogens with zero attached hydrogens (tertiary/aromatic N) is 2. The summed E-state index contributed by atoms with van der Waals surface area (Å²) in [6.07, 6.45) is 7.48. The minimum atomic E-state index is -0.0735. The summed E-state index contributed by atoms with van der Waals surface area (Å²) in [5.74, 6) is 0.856. The molecule has 0 aliphatic rings. The molecule has 1 aromatic heterocycles. The summed E-state index contributed by atoms with van der Waals surface area (Å²) >= 11 is 15.0. The van der Waals surface area contributed by atoms with Crippen molar-refractivity contribution in [3.05, 3.63) is 52.5 Å². The van der Waals surface area contributed by atoms with Crippen LogP contribution in [0.4, 0.5) is 4.79 Å². The smallest absolute Gasteiger partial charge is 0.246 e. The van der Waals surface area contributed by atoms with E-state index in [-0.39, 0.29) is 9.70 Å². The molecule has 0 bridgehead atoms. The molecular weight excluding hydrogens is 371 g/mol. The number of rotatable bonds is 7. The van der Waals surface area contributed by atoms with Crippen LogP contribution in [0.1, 0.15) is 30.6 Å². The molecule has 0 aliphatic heterocycles. The molecule has 0 saturated heterocycles. The van der Waals surface area contributed by atoms with Crippen molar-refractivity contribution in [3.8, 4) is 0 Å². The summed E-state index contributed by atoms with van der Waals surface area (Å²) < 4.78 is 2.07. The minimum Gasteiger partial charge on any atom is -0.336 e. The van der Waals surface area contributed by atoms with Crippen molar-refractivity contribution in [2.75, 3.05) is 5.75 Å². The number of benzene rings is 1. The first-order valence-corrected chi connectivity index (χ1v) is 9.96. The fourth-order valence-corrected chi connectivity index (χ4v) is 4.88. The largest absolute Gasteiger partial charge is 0.336 e. The second-order valence-corrected chi connectivity index (χ2v) is 8.33. The fourth-order valence-electron chi connectivity index (χ4n) is 2.00. The highest BCUT2D eigenvalue weighted by atomic mass is 35.5. The molecule has 124 valence electrons. The van der Waals surface area contributed by atoms with E-state index < -0.39 is 0 Å². The molecule has 0 saturated carbocycles. The Labute approximate surface area is 155 Å². The predicted molar refractivity (Wildman–Crippen MR) is 102 cm³/mol. The highest BCUT2D eigenvalue weighted by Gasteiger charge is 2.20. The SMILES string of the molecule is CCCCSC(=O)SC(Cn1ccnc1)c1ccc(Cl)cc1Cl. The molecule has 1 atom stereocenters. The van der Waals surface area contributed by atoms with Crippen molar-refractivity contribution >= 4 is 51.2 Å². The molecule has 0 N–H and O–H groups in total. The molecule has 2 rings (SSSR count). The van der Waals surface area contributed by atoms with E-state index in [0.717, 1.165) is 24.2 Å². The highest BCUT2D eigenvalue weighted by molar-refractivity contribution is 8.38. The second kappa shape index (κ2) is 9.62. The Bertz CT molecular complexity index is 635. The lowest BCUT2D eigenvalue weighted by Gasteiger charge is -2.18. The number of unbranched alkanes of at least 4 members (excludes halogenated alkanes) is 1. The average molecular weight is 389 g/mol. The van der Waals surface area contributed by atoms with Gasteiger partial charge in [0, 0.05) is 34.7 Å². The van der Waals surface area contributed by atoms with Gasteiger partial charge in [0.15, 0.2) is 0 Å². The number of carbonyl (C=O) groups excluding carboxylic acids is 1. The quantitative estimate of drug-likeness (QED) is 0.519. The molecule has 0 radical (unpaired) electrons. The third-order valence-electron chi connectivity index (χ3n) is 3.20. The van der Waals surface area contributed by atoms with Gasteiger partial charge in [-0.25, -0.2) is 4.98 Å². The van der Waals surface area contributed by atoms with Crippen molar-refractivity contribution in [1.82, 2.24) is 9.55 Å². The maximum absolute atomic E-state index is 12.2. The number of halogens is 2. The van der Waals surface area contributed by atoms with Gasteiger partial charge in [0.05, 0.1) is 11.6 Å². The monoisotopic (exact) mass is 388 g/mol. The van der Waals surface area contributed by atoms with Gasteiger partial charge in [-0.05, 0) is 24.1 Å². The first kappa shape index (κ1) is 18.7. The summed E-state index contributed by atoms with van der Waals surface area (Å²) in [4.78, 5) is 16.3. The number of hydrogen-bond acceptors (Lipinski definition) is 4. The predicted octanol–water partition coefficient (Wildman–Crippen LogP) is 6.32. The van der Waals surface area contributed by atoms with E-state index in [4.69, 9.17) is 23.2 Å². The molecule has 0 amide bonds. The first-order chi connectivity index (χ1) is 11.1. The van der Waals surface area contributed by atoms with Gasteiger partial charge in [0.2, 0.25) is 4.45 Å². The van der Waals surface area contributed by atoms with Gasteiger partial charge in [0.25, 0.3) is 0 Å². The molecule has 0 fully saturated rings. The molecule has 1 aromatic carbocycles. The van der Waals surface area contributed by atoms with E-state index in [9.17, 15) is 4.79 Å². The number of aromatic nitrogens is 2. The van der Waals surface area contributed by atoms with Gasteiger partial charge in [-0.2, -0.15) is 0 Å². The van der Waals surface area contributed by atoms with Gasteiger partial charge < -0.3 is 4.57 Å². The summed E-state index contributed by atoms with van der Waals surface area (Å²) in [6.45, 7) is 2.75. The van der Waals surface area contributed by atoms with E-state index in [1.165, 1.54) is 23.5 Å². The summed E-state index contributed by atoms with van der Waals surface area (Å²) in [6, 6.07) is 5.41. The Kier molecular flexibility index (Phi) is 7.83. The van der Waals surface area contributed by atoms with Crippen LogP contribution in [0.15, 0.2) is 36.9 Å². The van der Waals surface area contributed by atoms with Crippen LogP contribution in [-0.2, 0) is 6.54 Å². The van der Waals surface area contributed by atoms with E-state index in [1.807, 2.05) is 16.8 Å². The van der Waals surface area contributed by atoms with Crippen LogP contribution in [0.5, 0.6) is 0 Å². The molecule has 23 heavy (non-hydrogen) atoms. The zero-order chi connectivity index (χ0) is 16.7. The summed E-state index contributed by atoms with van der Waals surface area (Å²) in [5.41, 5.74) is 0.916. The van der Waals surface area contributed by atoms with E-state index in [1.54, 1.807) is 24.7 Å². The first-order valence-electron chi connectivity index (χ1n) is 7.34. The Morgan fingerprint density at radius 2 is 2.22 bits per heavy atom. The number of imidazole rings is 1. The van der Waals surface area contributed by atoms with Crippen LogP contribution in [0, 0.1) is 0 Å². The normalized spacial score (nSPS) is 12.3. The summed E-state index contributed by atoms with van der Waals surface area (Å²) in [7, 11) is 0.